The average Bonchev–Trinajstić information content (AvgIpc) is 2.63. The Labute approximate surface area is 98.6 Å². The van der Waals surface area contributed by atoms with Crippen LogP contribution in [0, 0.1) is 0 Å². The molecule has 0 aliphatic heterocycles. The highest BCUT2D eigenvalue weighted by Gasteiger charge is 2.15. The van der Waals surface area contributed by atoms with E-state index in [0.717, 1.165) is 9.21 Å². The number of carbonyl (C=O) groups excluding carboxylic acids is 1. The van der Waals surface area contributed by atoms with E-state index < -0.39 is 6.04 Å². The number of amides is 1. The van der Waals surface area contributed by atoms with E-state index in [1.54, 1.807) is 0 Å². The summed E-state index contributed by atoms with van der Waals surface area (Å²) in [6.07, 6.45) is 0.643. The Morgan fingerprint density at radius 3 is 2.80 bits per heavy atom. The van der Waals surface area contributed by atoms with Crippen LogP contribution >= 0.6 is 22.9 Å². The van der Waals surface area contributed by atoms with Crippen molar-refractivity contribution in [1.29, 1.82) is 0 Å². The number of halogens is 1. The Balaban J connectivity index is 2.56. The highest BCUT2D eigenvalue weighted by atomic mass is 35.5. The molecule has 1 amide bonds. The second-order valence-corrected chi connectivity index (χ2v) is 5.13. The third-order valence-electron chi connectivity index (χ3n) is 2.16. The first-order valence-corrected chi connectivity index (χ1v) is 6.05. The first-order chi connectivity index (χ1) is 7.04. The molecule has 1 heterocycles. The van der Waals surface area contributed by atoms with E-state index in [9.17, 15) is 4.79 Å². The standard InChI is InChI=1S/C10H15ClN2OS/c1-3-7(12)10(14)13-6(2)8-4-5-9(11)15-8/h4-7H,3,12H2,1-2H3,(H,13,14). The topological polar surface area (TPSA) is 55.1 Å². The van der Waals surface area contributed by atoms with Gasteiger partial charge in [0.05, 0.1) is 16.4 Å². The number of nitrogens with one attached hydrogen (secondary N) is 1. The Bertz CT molecular complexity index is 340. The summed E-state index contributed by atoms with van der Waals surface area (Å²) in [5, 5.41) is 2.85. The molecule has 0 spiro atoms. The summed E-state index contributed by atoms with van der Waals surface area (Å²) in [6, 6.07) is 3.27. The predicted octanol–water partition coefficient (Wildman–Crippen LogP) is 2.32. The van der Waals surface area contributed by atoms with Gasteiger partial charge in [-0.15, -0.1) is 11.3 Å². The van der Waals surface area contributed by atoms with Crippen molar-refractivity contribution in [3.05, 3.63) is 21.3 Å². The molecule has 5 heteroatoms. The van der Waals surface area contributed by atoms with E-state index in [2.05, 4.69) is 5.32 Å². The van der Waals surface area contributed by atoms with E-state index in [0.29, 0.717) is 6.42 Å². The van der Waals surface area contributed by atoms with E-state index in [4.69, 9.17) is 17.3 Å². The first-order valence-electron chi connectivity index (χ1n) is 4.85. The lowest BCUT2D eigenvalue weighted by Gasteiger charge is -2.15. The third-order valence-corrected chi connectivity index (χ3v) is 3.57. The maximum atomic E-state index is 11.5. The second-order valence-electron chi connectivity index (χ2n) is 3.39. The fourth-order valence-electron chi connectivity index (χ4n) is 1.14. The van der Waals surface area contributed by atoms with Crippen molar-refractivity contribution in [2.24, 2.45) is 5.73 Å². The lowest BCUT2D eigenvalue weighted by atomic mass is 10.2. The second kappa shape index (κ2) is 5.49. The Morgan fingerprint density at radius 1 is 1.67 bits per heavy atom. The normalized spacial score (nSPS) is 14.7. The van der Waals surface area contributed by atoms with Crippen molar-refractivity contribution in [2.75, 3.05) is 0 Å². The number of nitrogens with two attached hydrogens (primary N) is 1. The van der Waals surface area contributed by atoms with Crippen LogP contribution in [0.4, 0.5) is 0 Å². The zero-order valence-electron chi connectivity index (χ0n) is 8.79. The van der Waals surface area contributed by atoms with Gasteiger partial charge in [-0.2, -0.15) is 0 Å². The summed E-state index contributed by atoms with van der Waals surface area (Å²) >= 11 is 7.28. The molecule has 3 N–H and O–H groups in total. The van der Waals surface area contributed by atoms with Crippen LogP contribution in [0.5, 0.6) is 0 Å². The molecule has 0 aliphatic rings. The Hall–Kier alpha value is -0.580. The number of rotatable bonds is 4. The maximum absolute atomic E-state index is 11.5. The van der Waals surface area contributed by atoms with Crippen LogP contribution < -0.4 is 11.1 Å². The highest BCUT2D eigenvalue weighted by Crippen LogP contribution is 2.26. The van der Waals surface area contributed by atoms with Crippen molar-refractivity contribution in [1.82, 2.24) is 5.32 Å². The first kappa shape index (κ1) is 12.5. The van der Waals surface area contributed by atoms with Gasteiger partial charge in [0.15, 0.2) is 0 Å². The zero-order chi connectivity index (χ0) is 11.4. The molecule has 0 saturated carbocycles. The minimum Gasteiger partial charge on any atom is -0.347 e. The smallest absolute Gasteiger partial charge is 0.237 e. The van der Waals surface area contributed by atoms with Gasteiger partial charge in [-0.1, -0.05) is 18.5 Å². The quantitative estimate of drug-likeness (QED) is 0.857. The van der Waals surface area contributed by atoms with Crippen LogP contribution in [0.25, 0.3) is 0 Å². The molecule has 1 aromatic heterocycles. The van der Waals surface area contributed by atoms with Crippen LogP contribution in [0.2, 0.25) is 4.34 Å². The number of thiophene rings is 1. The van der Waals surface area contributed by atoms with Crippen LogP contribution in [0.1, 0.15) is 31.2 Å². The van der Waals surface area contributed by atoms with Gasteiger partial charge in [-0.05, 0) is 25.5 Å². The minimum absolute atomic E-state index is 0.0346. The fraction of sp³-hybridized carbons (Fsp3) is 0.500. The molecule has 1 aromatic rings. The van der Waals surface area contributed by atoms with Crippen molar-refractivity contribution in [3.63, 3.8) is 0 Å². The number of carbonyl (C=O) groups is 1. The molecule has 0 radical (unpaired) electrons. The molecule has 0 aromatic carbocycles. The van der Waals surface area contributed by atoms with Crippen molar-refractivity contribution in [2.45, 2.75) is 32.4 Å². The largest absolute Gasteiger partial charge is 0.347 e. The van der Waals surface area contributed by atoms with Gasteiger partial charge in [0.25, 0.3) is 0 Å². The Morgan fingerprint density at radius 2 is 2.33 bits per heavy atom. The lowest BCUT2D eigenvalue weighted by Crippen LogP contribution is -2.40. The molecule has 0 fully saturated rings. The molecular weight excluding hydrogens is 232 g/mol. The van der Waals surface area contributed by atoms with E-state index in [-0.39, 0.29) is 11.9 Å². The molecule has 2 unspecified atom stereocenters. The summed E-state index contributed by atoms with van der Waals surface area (Å²) in [7, 11) is 0. The summed E-state index contributed by atoms with van der Waals surface area (Å²) in [6.45, 7) is 3.80. The van der Waals surface area contributed by atoms with Gasteiger partial charge in [-0.25, -0.2) is 0 Å². The average molecular weight is 247 g/mol. The van der Waals surface area contributed by atoms with Crippen LogP contribution in [-0.2, 0) is 4.79 Å². The van der Waals surface area contributed by atoms with Gasteiger partial charge in [0.2, 0.25) is 5.91 Å². The fourth-order valence-corrected chi connectivity index (χ4v) is 2.20. The van der Waals surface area contributed by atoms with E-state index >= 15 is 0 Å². The molecule has 3 nitrogen and oxygen atoms in total. The highest BCUT2D eigenvalue weighted by molar-refractivity contribution is 7.16. The van der Waals surface area contributed by atoms with Crippen molar-refractivity contribution >= 4 is 28.8 Å². The number of hydrogen-bond donors (Lipinski definition) is 2. The van der Waals surface area contributed by atoms with Gasteiger partial charge in [0, 0.05) is 4.88 Å². The molecule has 0 aliphatic carbocycles. The van der Waals surface area contributed by atoms with E-state index in [1.165, 1.54) is 11.3 Å². The molecular formula is C10H15ClN2OS. The summed E-state index contributed by atoms with van der Waals surface area (Å²) in [5.74, 6) is -0.116. The van der Waals surface area contributed by atoms with Crippen LogP contribution in [-0.4, -0.2) is 11.9 Å². The van der Waals surface area contributed by atoms with Crippen LogP contribution in [0.15, 0.2) is 12.1 Å². The van der Waals surface area contributed by atoms with Gasteiger partial charge in [-0.3, -0.25) is 4.79 Å². The molecule has 0 saturated heterocycles. The SMILES string of the molecule is CCC(N)C(=O)NC(C)c1ccc(Cl)s1. The molecule has 15 heavy (non-hydrogen) atoms. The molecule has 84 valence electrons. The summed E-state index contributed by atoms with van der Waals surface area (Å²) < 4.78 is 0.728. The van der Waals surface area contributed by atoms with Gasteiger partial charge < -0.3 is 11.1 Å². The van der Waals surface area contributed by atoms with Crippen molar-refractivity contribution < 1.29 is 4.79 Å². The third kappa shape index (κ3) is 3.48. The number of hydrogen-bond acceptors (Lipinski definition) is 3. The van der Waals surface area contributed by atoms with Gasteiger partial charge >= 0.3 is 0 Å². The summed E-state index contributed by atoms with van der Waals surface area (Å²) in [4.78, 5) is 12.5. The van der Waals surface area contributed by atoms with E-state index in [1.807, 2.05) is 26.0 Å². The van der Waals surface area contributed by atoms with Crippen molar-refractivity contribution in [3.8, 4) is 0 Å². The monoisotopic (exact) mass is 246 g/mol. The maximum Gasteiger partial charge on any atom is 0.237 e. The zero-order valence-corrected chi connectivity index (χ0v) is 10.4. The molecule has 2 atom stereocenters. The van der Waals surface area contributed by atoms with Crippen LogP contribution in [0.3, 0.4) is 0 Å². The molecule has 1 rings (SSSR count). The predicted molar refractivity (Wildman–Crippen MR) is 64.2 cm³/mol. The molecule has 0 bridgehead atoms. The minimum atomic E-state index is -0.428. The lowest BCUT2D eigenvalue weighted by molar-refractivity contribution is -0.123. The Kier molecular flexibility index (Phi) is 4.57. The van der Waals surface area contributed by atoms with Gasteiger partial charge in [0.1, 0.15) is 0 Å². The summed E-state index contributed by atoms with van der Waals surface area (Å²) in [5.41, 5.74) is 5.61.